The Kier molecular flexibility index (Phi) is 4.65. The van der Waals surface area contributed by atoms with Crippen molar-refractivity contribution in [2.75, 3.05) is 7.05 Å². The van der Waals surface area contributed by atoms with Gasteiger partial charge in [0.15, 0.2) is 6.10 Å². The van der Waals surface area contributed by atoms with Crippen LogP contribution in [0.1, 0.15) is 12.5 Å². The lowest BCUT2D eigenvalue weighted by atomic mass is 10.2. The van der Waals surface area contributed by atoms with Gasteiger partial charge in [0.2, 0.25) is 0 Å². The Balaban J connectivity index is 2.63. The topological polar surface area (TPSA) is 67.4 Å². The standard InChI is InChI=1S/C12H15FN2O3/c1-7-6-9(4-5-10(7)13)18-8(2)11(16)15-12(17)14-3/h4-6,8H,1-3H3,(H2,14,15,16,17). The third-order valence-corrected chi connectivity index (χ3v) is 2.28. The first-order valence-corrected chi connectivity index (χ1v) is 5.39. The maximum Gasteiger partial charge on any atom is 0.321 e. The van der Waals surface area contributed by atoms with E-state index in [2.05, 4.69) is 10.6 Å². The summed E-state index contributed by atoms with van der Waals surface area (Å²) in [6.07, 6.45) is -0.854. The lowest BCUT2D eigenvalue weighted by Gasteiger charge is -2.14. The molecule has 3 amide bonds. The first-order valence-electron chi connectivity index (χ1n) is 5.39. The Labute approximate surface area is 104 Å². The molecular weight excluding hydrogens is 239 g/mol. The van der Waals surface area contributed by atoms with Crippen molar-refractivity contribution in [3.8, 4) is 5.75 Å². The molecule has 0 fully saturated rings. The van der Waals surface area contributed by atoms with Crippen molar-refractivity contribution in [3.63, 3.8) is 0 Å². The molecule has 18 heavy (non-hydrogen) atoms. The molecule has 1 rings (SSSR count). The molecule has 2 N–H and O–H groups in total. The maximum absolute atomic E-state index is 13.0. The summed E-state index contributed by atoms with van der Waals surface area (Å²) in [7, 11) is 1.40. The van der Waals surface area contributed by atoms with Crippen molar-refractivity contribution in [2.24, 2.45) is 0 Å². The molecule has 1 aromatic carbocycles. The first kappa shape index (κ1) is 14.0. The lowest BCUT2D eigenvalue weighted by Crippen LogP contribution is -2.43. The molecule has 1 aromatic rings. The number of aryl methyl sites for hydroxylation is 1. The van der Waals surface area contributed by atoms with E-state index in [4.69, 9.17) is 4.74 Å². The predicted octanol–water partition coefficient (Wildman–Crippen LogP) is 1.36. The molecule has 6 heteroatoms. The third-order valence-electron chi connectivity index (χ3n) is 2.28. The van der Waals surface area contributed by atoms with Gasteiger partial charge >= 0.3 is 6.03 Å². The number of amides is 3. The highest BCUT2D eigenvalue weighted by Gasteiger charge is 2.17. The summed E-state index contributed by atoms with van der Waals surface area (Å²) < 4.78 is 18.3. The molecule has 1 unspecified atom stereocenters. The number of halogens is 1. The van der Waals surface area contributed by atoms with Crippen LogP contribution in [0.5, 0.6) is 5.75 Å². The average Bonchev–Trinajstić information content (AvgIpc) is 2.33. The van der Waals surface area contributed by atoms with Gasteiger partial charge in [-0.3, -0.25) is 10.1 Å². The first-order chi connectivity index (χ1) is 8.43. The number of urea groups is 1. The fraction of sp³-hybridized carbons (Fsp3) is 0.333. The number of carbonyl (C=O) groups is 2. The molecule has 0 radical (unpaired) electrons. The van der Waals surface area contributed by atoms with Gasteiger partial charge in [0.25, 0.3) is 5.91 Å². The van der Waals surface area contributed by atoms with Crippen molar-refractivity contribution in [1.29, 1.82) is 0 Å². The second kappa shape index (κ2) is 6.00. The van der Waals surface area contributed by atoms with E-state index >= 15 is 0 Å². The number of hydrogen-bond donors (Lipinski definition) is 2. The lowest BCUT2D eigenvalue weighted by molar-refractivity contribution is -0.126. The number of imide groups is 1. The molecule has 0 aliphatic carbocycles. The van der Waals surface area contributed by atoms with E-state index in [1.54, 1.807) is 6.92 Å². The van der Waals surface area contributed by atoms with Crippen LogP contribution in [0.3, 0.4) is 0 Å². The summed E-state index contributed by atoms with van der Waals surface area (Å²) in [5, 5.41) is 4.34. The zero-order valence-electron chi connectivity index (χ0n) is 10.4. The van der Waals surface area contributed by atoms with E-state index in [0.29, 0.717) is 11.3 Å². The number of carbonyl (C=O) groups excluding carboxylic acids is 2. The summed E-state index contributed by atoms with van der Waals surface area (Å²) in [5.41, 5.74) is 0.423. The number of benzene rings is 1. The van der Waals surface area contributed by atoms with E-state index in [1.807, 2.05) is 0 Å². The molecule has 0 spiro atoms. The van der Waals surface area contributed by atoms with Gasteiger partial charge < -0.3 is 10.1 Å². The van der Waals surface area contributed by atoms with Crippen LogP contribution < -0.4 is 15.4 Å². The van der Waals surface area contributed by atoms with Gasteiger partial charge in [0, 0.05) is 7.05 Å². The highest BCUT2D eigenvalue weighted by molar-refractivity contribution is 5.96. The van der Waals surface area contributed by atoms with Crippen molar-refractivity contribution < 1.29 is 18.7 Å². The van der Waals surface area contributed by atoms with Crippen molar-refractivity contribution in [1.82, 2.24) is 10.6 Å². The second-order valence-corrected chi connectivity index (χ2v) is 3.74. The van der Waals surface area contributed by atoms with E-state index < -0.39 is 18.0 Å². The molecule has 0 heterocycles. The van der Waals surface area contributed by atoms with Crippen LogP contribution in [-0.4, -0.2) is 25.1 Å². The monoisotopic (exact) mass is 254 g/mol. The fourth-order valence-corrected chi connectivity index (χ4v) is 1.22. The fourth-order valence-electron chi connectivity index (χ4n) is 1.22. The van der Waals surface area contributed by atoms with Gasteiger partial charge in [-0.15, -0.1) is 0 Å². The molecule has 0 aliphatic rings. The Morgan fingerprint density at radius 2 is 2.06 bits per heavy atom. The molecular formula is C12H15FN2O3. The van der Waals surface area contributed by atoms with Crippen LogP contribution in [0.25, 0.3) is 0 Å². The summed E-state index contributed by atoms with van der Waals surface area (Å²) in [5.74, 6) is -0.547. The number of nitrogens with one attached hydrogen (secondary N) is 2. The molecule has 5 nitrogen and oxygen atoms in total. The average molecular weight is 254 g/mol. The maximum atomic E-state index is 13.0. The van der Waals surface area contributed by atoms with Crippen LogP contribution in [-0.2, 0) is 4.79 Å². The van der Waals surface area contributed by atoms with Gasteiger partial charge in [-0.2, -0.15) is 0 Å². The molecule has 0 bridgehead atoms. The van der Waals surface area contributed by atoms with Crippen LogP contribution in [0.2, 0.25) is 0 Å². The van der Waals surface area contributed by atoms with Crippen LogP contribution in [0, 0.1) is 12.7 Å². The zero-order chi connectivity index (χ0) is 13.7. The highest BCUT2D eigenvalue weighted by atomic mass is 19.1. The van der Waals surface area contributed by atoms with Crippen molar-refractivity contribution in [2.45, 2.75) is 20.0 Å². The predicted molar refractivity (Wildman–Crippen MR) is 63.8 cm³/mol. The van der Waals surface area contributed by atoms with E-state index in [-0.39, 0.29) is 5.82 Å². The molecule has 0 saturated carbocycles. The van der Waals surface area contributed by atoms with Gasteiger partial charge in [0.1, 0.15) is 11.6 Å². The van der Waals surface area contributed by atoms with Crippen LogP contribution in [0.4, 0.5) is 9.18 Å². The minimum atomic E-state index is -0.854. The normalized spacial score (nSPS) is 11.6. The summed E-state index contributed by atoms with van der Waals surface area (Å²) in [6.45, 7) is 3.09. The number of hydrogen-bond acceptors (Lipinski definition) is 3. The molecule has 0 saturated heterocycles. The van der Waals surface area contributed by atoms with Gasteiger partial charge in [0.05, 0.1) is 0 Å². The van der Waals surface area contributed by atoms with Gasteiger partial charge in [-0.25, -0.2) is 9.18 Å². The zero-order valence-corrected chi connectivity index (χ0v) is 10.4. The smallest absolute Gasteiger partial charge is 0.321 e. The Morgan fingerprint density at radius 3 is 2.61 bits per heavy atom. The van der Waals surface area contributed by atoms with Crippen LogP contribution >= 0.6 is 0 Å². The highest BCUT2D eigenvalue weighted by Crippen LogP contribution is 2.17. The van der Waals surface area contributed by atoms with E-state index in [9.17, 15) is 14.0 Å². The Bertz CT molecular complexity index is 463. The molecule has 0 aromatic heterocycles. The minimum absolute atomic E-state index is 0.343. The Morgan fingerprint density at radius 1 is 1.39 bits per heavy atom. The Hall–Kier alpha value is -2.11. The quantitative estimate of drug-likeness (QED) is 0.855. The largest absolute Gasteiger partial charge is 0.481 e. The summed E-state index contributed by atoms with van der Waals surface area (Å²) in [6, 6.07) is 3.56. The van der Waals surface area contributed by atoms with Gasteiger partial charge in [-0.1, -0.05) is 0 Å². The second-order valence-electron chi connectivity index (χ2n) is 3.74. The van der Waals surface area contributed by atoms with E-state index in [1.165, 1.54) is 32.2 Å². The molecule has 1 atom stereocenters. The number of rotatable bonds is 3. The van der Waals surface area contributed by atoms with Crippen LogP contribution in [0.15, 0.2) is 18.2 Å². The van der Waals surface area contributed by atoms with E-state index in [0.717, 1.165) is 0 Å². The summed E-state index contributed by atoms with van der Waals surface area (Å²) in [4.78, 5) is 22.4. The third kappa shape index (κ3) is 3.73. The van der Waals surface area contributed by atoms with Gasteiger partial charge in [-0.05, 0) is 37.6 Å². The van der Waals surface area contributed by atoms with Crippen molar-refractivity contribution in [3.05, 3.63) is 29.6 Å². The number of ether oxygens (including phenoxy) is 1. The molecule has 98 valence electrons. The minimum Gasteiger partial charge on any atom is -0.481 e. The summed E-state index contributed by atoms with van der Waals surface area (Å²) >= 11 is 0. The molecule has 0 aliphatic heterocycles. The van der Waals surface area contributed by atoms with Crippen molar-refractivity contribution >= 4 is 11.9 Å². The SMILES string of the molecule is CNC(=O)NC(=O)C(C)Oc1ccc(F)c(C)c1.